The standard InChI is InChI=1S/C15H14N2OS/c1-10(18)11-6-7-16-14(8-11)19-15-9-12-4-2-3-5-13(12)17-15/h2-10,17-18H,1H3. The minimum atomic E-state index is -0.468. The molecule has 4 heteroatoms. The fourth-order valence-electron chi connectivity index (χ4n) is 1.95. The first-order valence-electron chi connectivity index (χ1n) is 6.12. The maximum atomic E-state index is 9.58. The number of aliphatic hydroxyl groups is 1. The zero-order valence-corrected chi connectivity index (χ0v) is 11.3. The molecule has 0 aliphatic heterocycles. The van der Waals surface area contributed by atoms with Crippen LogP contribution >= 0.6 is 11.8 Å². The Bertz CT molecular complexity index is 673. The van der Waals surface area contributed by atoms with Crippen LogP contribution in [0.3, 0.4) is 0 Å². The predicted octanol–water partition coefficient (Wildman–Crippen LogP) is 3.77. The first kappa shape index (κ1) is 12.3. The van der Waals surface area contributed by atoms with E-state index in [9.17, 15) is 5.11 Å². The highest BCUT2D eigenvalue weighted by atomic mass is 32.2. The lowest BCUT2D eigenvalue weighted by Crippen LogP contribution is -1.92. The van der Waals surface area contributed by atoms with Gasteiger partial charge in [0.1, 0.15) is 5.03 Å². The third-order valence-corrected chi connectivity index (χ3v) is 3.83. The van der Waals surface area contributed by atoms with E-state index in [1.807, 2.05) is 24.3 Å². The molecule has 0 spiro atoms. The minimum absolute atomic E-state index is 0.468. The molecule has 3 aromatic rings. The van der Waals surface area contributed by atoms with E-state index in [1.165, 1.54) is 5.39 Å². The Balaban J connectivity index is 1.90. The maximum Gasteiger partial charge on any atom is 0.102 e. The summed E-state index contributed by atoms with van der Waals surface area (Å²) in [7, 11) is 0. The number of pyridine rings is 1. The topological polar surface area (TPSA) is 48.9 Å². The van der Waals surface area contributed by atoms with Crippen molar-refractivity contribution >= 4 is 22.7 Å². The Hall–Kier alpha value is -1.78. The zero-order chi connectivity index (χ0) is 13.2. The molecular formula is C15H14N2OS. The van der Waals surface area contributed by atoms with Gasteiger partial charge in [0.05, 0.1) is 11.1 Å². The summed E-state index contributed by atoms with van der Waals surface area (Å²) in [6, 6.07) is 14.0. The van der Waals surface area contributed by atoms with Gasteiger partial charge in [0.2, 0.25) is 0 Å². The average Bonchev–Trinajstić information content (AvgIpc) is 2.81. The fourth-order valence-corrected chi connectivity index (χ4v) is 2.84. The summed E-state index contributed by atoms with van der Waals surface area (Å²) in [4.78, 5) is 7.67. The number of rotatable bonds is 3. The smallest absolute Gasteiger partial charge is 0.102 e. The van der Waals surface area contributed by atoms with Crippen LogP contribution in [0, 0.1) is 0 Å². The zero-order valence-electron chi connectivity index (χ0n) is 10.5. The number of nitrogens with one attached hydrogen (secondary N) is 1. The van der Waals surface area contributed by atoms with E-state index in [0.29, 0.717) is 0 Å². The second-order valence-electron chi connectivity index (χ2n) is 4.43. The van der Waals surface area contributed by atoms with E-state index in [-0.39, 0.29) is 0 Å². The normalized spacial score (nSPS) is 12.7. The van der Waals surface area contributed by atoms with E-state index >= 15 is 0 Å². The van der Waals surface area contributed by atoms with E-state index in [4.69, 9.17) is 0 Å². The number of H-pyrrole nitrogens is 1. The Morgan fingerprint density at radius 1 is 1.21 bits per heavy atom. The molecule has 3 nitrogen and oxygen atoms in total. The fraction of sp³-hybridized carbons (Fsp3) is 0.133. The van der Waals surface area contributed by atoms with Crippen LogP contribution in [0.4, 0.5) is 0 Å². The van der Waals surface area contributed by atoms with Crippen molar-refractivity contribution in [3.8, 4) is 0 Å². The van der Waals surface area contributed by atoms with Crippen LogP contribution in [0.25, 0.3) is 10.9 Å². The summed E-state index contributed by atoms with van der Waals surface area (Å²) in [5, 5.41) is 12.7. The molecule has 0 radical (unpaired) electrons. The van der Waals surface area contributed by atoms with Crippen molar-refractivity contribution in [1.82, 2.24) is 9.97 Å². The molecule has 19 heavy (non-hydrogen) atoms. The summed E-state index contributed by atoms with van der Waals surface area (Å²) < 4.78 is 0. The summed E-state index contributed by atoms with van der Waals surface area (Å²) >= 11 is 1.57. The minimum Gasteiger partial charge on any atom is -0.389 e. The molecule has 1 atom stereocenters. The van der Waals surface area contributed by atoms with Crippen LogP contribution in [0.1, 0.15) is 18.6 Å². The van der Waals surface area contributed by atoms with Crippen LogP contribution in [0.5, 0.6) is 0 Å². The van der Waals surface area contributed by atoms with Crippen LogP contribution in [-0.2, 0) is 0 Å². The van der Waals surface area contributed by atoms with Crippen molar-refractivity contribution in [3.05, 3.63) is 54.2 Å². The van der Waals surface area contributed by atoms with Gasteiger partial charge in [-0.1, -0.05) is 30.0 Å². The lowest BCUT2D eigenvalue weighted by Gasteiger charge is -2.05. The number of nitrogens with zero attached hydrogens (tertiary/aromatic N) is 1. The molecule has 0 fully saturated rings. The molecule has 0 aliphatic carbocycles. The van der Waals surface area contributed by atoms with Gasteiger partial charge in [-0.2, -0.15) is 0 Å². The molecule has 2 N–H and O–H groups in total. The average molecular weight is 270 g/mol. The molecule has 2 heterocycles. The number of fused-ring (bicyclic) bond motifs is 1. The molecule has 1 unspecified atom stereocenters. The van der Waals surface area contributed by atoms with Crippen molar-refractivity contribution in [2.45, 2.75) is 23.1 Å². The lowest BCUT2D eigenvalue weighted by atomic mass is 10.2. The third-order valence-electron chi connectivity index (χ3n) is 2.96. The van der Waals surface area contributed by atoms with Gasteiger partial charge < -0.3 is 10.1 Å². The maximum absolute atomic E-state index is 9.58. The first-order valence-corrected chi connectivity index (χ1v) is 6.93. The van der Waals surface area contributed by atoms with E-state index < -0.39 is 6.10 Å². The molecule has 0 amide bonds. The molecule has 0 aliphatic rings. The number of hydrogen-bond donors (Lipinski definition) is 2. The van der Waals surface area contributed by atoms with E-state index in [2.05, 4.69) is 28.2 Å². The number of benzene rings is 1. The van der Waals surface area contributed by atoms with E-state index in [1.54, 1.807) is 24.9 Å². The van der Waals surface area contributed by atoms with Gasteiger partial charge in [0, 0.05) is 17.1 Å². The highest BCUT2D eigenvalue weighted by molar-refractivity contribution is 7.99. The van der Waals surface area contributed by atoms with Crippen LogP contribution in [0.2, 0.25) is 0 Å². The molecule has 1 aromatic carbocycles. The number of aromatic amines is 1. The van der Waals surface area contributed by atoms with Gasteiger partial charge in [0.15, 0.2) is 0 Å². The predicted molar refractivity (Wildman–Crippen MR) is 77.3 cm³/mol. The molecule has 2 aromatic heterocycles. The van der Waals surface area contributed by atoms with Crippen LogP contribution in [0.15, 0.2) is 58.7 Å². The second-order valence-corrected chi connectivity index (χ2v) is 5.49. The largest absolute Gasteiger partial charge is 0.389 e. The van der Waals surface area contributed by atoms with Crippen molar-refractivity contribution in [1.29, 1.82) is 0 Å². The number of aromatic nitrogens is 2. The molecule has 3 rings (SSSR count). The van der Waals surface area contributed by atoms with E-state index in [0.717, 1.165) is 21.1 Å². The molecule has 0 saturated heterocycles. The summed E-state index contributed by atoms with van der Waals surface area (Å²) in [5.41, 5.74) is 2.00. The summed E-state index contributed by atoms with van der Waals surface area (Å²) in [5.74, 6) is 0. The highest BCUT2D eigenvalue weighted by Crippen LogP contribution is 2.29. The van der Waals surface area contributed by atoms with Gasteiger partial charge in [-0.3, -0.25) is 0 Å². The van der Waals surface area contributed by atoms with Gasteiger partial charge >= 0.3 is 0 Å². The molecule has 0 saturated carbocycles. The van der Waals surface area contributed by atoms with Gasteiger partial charge in [-0.25, -0.2) is 4.98 Å². The Labute approximate surface area is 115 Å². The Morgan fingerprint density at radius 3 is 2.84 bits per heavy atom. The lowest BCUT2D eigenvalue weighted by molar-refractivity contribution is 0.199. The Kier molecular flexibility index (Phi) is 3.27. The second kappa shape index (κ2) is 5.07. The number of hydrogen-bond acceptors (Lipinski definition) is 3. The number of aliphatic hydroxyl groups excluding tert-OH is 1. The van der Waals surface area contributed by atoms with Crippen LogP contribution in [-0.4, -0.2) is 15.1 Å². The number of para-hydroxylation sites is 1. The van der Waals surface area contributed by atoms with Gasteiger partial charge in [-0.05, 0) is 36.8 Å². The molecular weight excluding hydrogens is 256 g/mol. The first-order chi connectivity index (χ1) is 9.22. The van der Waals surface area contributed by atoms with Gasteiger partial charge in [-0.15, -0.1) is 0 Å². The van der Waals surface area contributed by atoms with Crippen molar-refractivity contribution in [2.75, 3.05) is 0 Å². The molecule has 96 valence electrons. The third kappa shape index (κ3) is 2.64. The summed E-state index contributed by atoms with van der Waals surface area (Å²) in [6.45, 7) is 1.76. The van der Waals surface area contributed by atoms with Crippen molar-refractivity contribution < 1.29 is 5.11 Å². The monoisotopic (exact) mass is 270 g/mol. The summed E-state index contributed by atoms with van der Waals surface area (Å²) in [6.07, 6.45) is 1.26. The SMILES string of the molecule is CC(O)c1ccnc(Sc2cc3ccccc3[nH]2)c1. The van der Waals surface area contributed by atoms with Crippen molar-refractivity contribution in [3.63, 3.8) is 0 Å². The van der Waals surface area contributed by atoms with Gasteiger partial charge in [0.25, 0.3) is 0 Å². The Morgan fingerprint density at radius 2 is 2.05 bits per heavy atom. The molecule has 0 bridgehead atoms. The van der Waals surface area contributed by atoms with Crippen LogP contribution < -0.4 is 0 Å². The quantitative estimate of drug-likeness (QED) is 0.761. The highest BCUT2D eigenvalue weighted by Gasteiger charge is 2.06. The van der Waals surface area contributed by atoms with Crippen molar-refractivity contribution in [2.24, 2.45) is 0 Å².